The monoisotopic (exact) mass is 462 g/mol. The van der Waals surface area contributed by atoms with Crippen molar-refractivity contribution in [3.05, 3.63) is 51.5 Å². The van der Waals surface area contributed by atoms with Gasteiger partial charge >= 0.3 is 12.0 Å². The van der Waals surface area contributed by atoms with E-state index in [0.717, 1.165) is 11.0 Å². The highest BCUT2D eigenvalue weighted by atomic mass is 35.5. The second kappa shape index (κ2) is 8.80. The Bertz CT molecular complexity index is 1050. The topological polar surface area (TPSA) is 119 Å². The van der Waals surface area contributed by atoms with Crippen LogP contribution < -0.4 is 16.5 Å². The van der Waals surface area contributed by atoms with Gasteiger partial charge in [0.15, 0.2) is 5.75 Å². The first-order chi connectivity index (χ1) is 13.8. The van der Waals surface area contributed by atoms with E-state index in [1.807, 2.05) is 0 Å². The quantitative estimate of drug-likeness (QED) is 0.412. The summed E-state index contributed by atoms with van der Waals surface area (Å²) < 4.78 is 39.9. The lowest BCUT2D eigenvalue weighted by Crippen LogP contribution is -2.72. The molecule has 2 rings (SSSR count). The molecule has 2 aromatic carbocycles. The molecule has 0 heterocycles. The number of phenols is 1. The summed E-state index contributed by atoms with van der Waals surface area (Å²) in [5, 5.41) is 10.7. The number of hydrogen-bond acceptors (Lipinski definition) is 3. The zero-order chi connectivity index (χ0) is 22.8. The van der Waals surface area contributed by atoms with Crippen LogP contribution in [0.25, 0.3) is 0 Å². The van der Waals surface area contributed by atoms with Crippen molar-refractivity contribution in [2.75, 3.05) is 14.1 Å². The van der Waals surface area contributed by atoms with Crippen LogP contribution >= 0.6 is 23.2 Å². The van der Waals surface area contributed by atoms with E-state index in [1.165, 1.54) is 14.1 Å². The van der Waals surface area contributed by atoms with Crippen LogP contribution in [-0.4, -0.2) is 41.7 Å². The average molecular weight is 463 g/mol. The van der Waals surface area contributed by atoms with E-state index in [0.29, 0.717) is 11.8 Å². The van der Waals surface area contributed by atoms with Crippen LogP contribution in [0, 0.1) is 0 Å². The number of rotatable bonds is 3. The fourth-order valence-corrected chi connectivity index (χ4v) is 2.69. The van der Waals surface area contributed by atoms with E-state index in [9.17, 15) is 23.1 Å². The molecule has 0 aliphatic rings. The van der Waals surface area contributed by atoms with Crippen molar-refractivity contribution in [3.8, 4) is 5.75 Å². The molecule has 0 aliphatic carbocycles. The Morgan fingerprint density at radius 1 is 1.17 bits per heavy atom. The Balaban J connectivity index is 2.57. The molecule has 1 amide bonds. The number of carbonyl (C=O) groups is 1. The van der Waals surface area contributed by atoms with Crippen LogP contribution in [-0.2, 0) is 6.18 Å². The molecule has 0 atom stereocenters. The van der Waals surface area contributed by atoms with Crippen LogP contribution in [0.1, 0.15) is 15.9 Å². The maximum Gasteiger partial charge on any atom is 0.417 e. The number of nitrogens with zero attached hydrogens (tertiary/aromatic N) is 2. The van der Waals surface area contributed by atoms with Gasteiger partial charge in [0.2, 0.25) is 5.84 Å². The van der Waals surface area contributed by atoms with Gasteiger partial charge in [0.25, 0.3) is 5.91 Å². The highest BCUT2D eigenvalue weighted by Crippen LogP contribution is 2.40. The summed E-state index contributed by atoms with van der Waals surface area (Å²) in [6, 6.07) is 6.19. The van der Waals surface area contributed by atoms with Gasteiger partial charge in [0.1, 0.15) is 16.4 Å². The first kappa shape index (κ1) is 23.3. The van der Waals surface area contributed by atoms with Crippen molar-refractivity contribution in [2.45, 2.75) is 6.18 Å². The maximum absolute atomic E-state index is 13.3. The third kappa shape index (κ3) is 4.95. The minimum Gasteiger partial charge on any atom is -0.505 e. The second-order valence-electron chi connectivity index (χ2n) is 6.19. The summed E-state index contributed by atoms with van der Waals surface area (Å²) in [5.74, 6) is -2.63. The van der Waals surface area contributed by atoms with Gasteiger partial charge in [-0.3, -0.25) is 10.5 Å². The number of nitrogens with two attached hydrogens (primary N) is 2. The van der Waals surface area contributed by atoms with E-state index in [-0.39, 0.29) is 27.4 Å². The van der Waals surface area contributed by atoms with Crippen LogP contribution in [0.2, 0.25) is 10.0 Å². The number of halogens is 5. The summed E-state index contributed by atoms with van der Waals surface area (Å²) in [7, 11) is 2.49. The number of alkyl halides is 3. The average Bonchev–Trinajstić information content (AvgIpc) is 2.65. The highest BCUT2D eigenvalue weighted by molar-refractivity contribution is 6.43. The molecule has 6 N–H and O–H groups in total. The molecular weight excluding hydrogens is 446 g/mol. The predicted octanol–water partition coefficient (Wildman–Crippen LogP) is 2.18. The molecule has 2 aromatic rings. The number of amidine groups is 2. The molecule has 0 unspecified atom stereocenters. The molecule has 0 saturated heterocycles. The molecule has 0 aliphatic heterocycles. The molecule has 0 saturated carbocycles. The minimum absolute atomic E-state index is 0.158. The number of phenolic OH excluding ortho intramolecular Hbond substituents is 1. The number of benzene rings is 2. The predicted molar refractivity (Wildman–Crippen MR) is 109 cm³/mol. The number of carbonyl (C=O) groups excluding carboxylic acids is 1. The Labute approximate surface area is 179 Å². The smallest absolute Gasteiger partial charge is 0.417 e. The lowest BCUT2D eigenvalue weighted by atomic mass is 10.0. The molecule has 7 nitrogen and oxygen atoms in total. The summed E-state index contributed by atoms with van der Waals surface area (Å²) >= 11 is 11.9. The van der Waals surface area contributed by atoms with Gasteiger partial charge in [-0.15, -0.1) is 0 Å². The third-order valence-corrected chi connectivity index (χ3v) is 4.64. The lowest BCUT2D eigenvalue weighted by Gasteiger charge is -2.18. The Morgan fingerprint density at radius 2 is 1.80 bits per heavy atom. The molecule has 0 fully saturated rings. The van der Waals surface area contributed by atoms with Gasteiger partial charge in [-0.05, 0) is 24.3 Å². The van der Waals surface area contributed by atoms with Crippen molar-refractivity contribution in [1.82, 2.24) is 4.90 Å². The number of hydrogen-bond donors (Lipinski definition) is 4. The molecular formula is C18H17Cl2F3N5O2+. The van der Waals surface area contributed by atoms with E-state index < -0.39 is 29.0 Å². The zero-order valence-electron chi connectivity index (χ0n) is 15.7. The molecule has 0 aromatic heterocycles. The molecule has 0 radical (unpaired) electrons. The molecule has 0 bridgehead atoms. The van der Waals surface area contributed by atoms with Crippen molar-refractivity contribution in [3.63, 3.8) is 0 Å². The van der Waals surface area contributed by atoms with Crippen LogP contribution in [0.4, 0.5) is 24.5 Å². The summed E-state index contributed by atoms with van der Waals surface area (Å²) in [6.45, 7) is 0. The van der Waals surface area contributed by atoms with Gasteiger partial charge in [-0.1, -0.05) is 29.3 Å². The molecule has 12 heteroatoms. The number of nitrogens with one attached hydrogen (secondary N) is 1. The standard InChI is InChI=1S/C18H16Cl2F3N5O2/c1-28(2)17(30)12-8(18(21,22)23)6-7-11(14(12)29)27-16(25)15(24)26-10-5-3-4-9(19)13(10)20/h3-7,29H,1-2H3,(H2,24,26)(H2,25,27)/p+1. The van der Waals surface area contributed by atoms with Crippen molar-refractivity contribution in [2.24, 2.45) is 16.5 Å². The van der Waals surface area contributed by atoms with Gasteiger partial charge in [0, 0.05) is 14.1 Å². The van der Waals surface area contributed by atoms with Gasteiger partial charge < -0.3 is 15.7 Å². The Kier molecular flexibility index (Phi) is 6.84. The summed E-state index contributed by atoms with van der Waals surface area (Å²) in [5.41, 5.74) is 9.27. The van der Waals surface area contributed by atoms with E-state index in [2.05, 4.69) is 9.98 Å². The largest absolute Gasteiger partial charge is 0.505 e. The van der Waals surface area contributed by atoms with Gasteiger partial charge in [-0.25, -0.2) is 9.98 Å². The van der Waals surface area contributed by atoms with E-state index in [1.54, 1.807) is 18.2 Å². The van der Waals surface area contributed by atoms with E-state index in [4.69, 9.17) is 34.7 Å². The number of amides is 1. The minimum atomic E-state index is -4.87. The third-order valence-electron chi connectivity index (χ3n) is 3.82. The SMILES string of the molecule is CN(C)C(=O)c1c(C(F)(F)F)ccc(N=C(N)C(N)=[NH+]c2cccc(Cl)c2Cl)c1O. The second-order valence-corrected chi connectivity index (χ2v) is 6.98. The van der Waals surface area contributed by atoms with Crippen molar-refractivity contribution >= 4 is 52.2 Å². The van der Waals surface area contributed by atoms with E-state index >= 15 is 0 Å². The van der Waals surface area contributed by atoms with Gasteiger partial charge in [0.05, 0.1) is 16.1 Å². The number of aliphatic imine (C=N–C) groups is 1. The zero-order valence-corrected chi connectivity index (χ0v) is 17.2. The van der Waals surface area contributed by atoms with Crippen LogP contribution in [0.15, 0.2) is 35.3 Å². The van der Waals surface area contributed by atoms with Gasteiger partial charge in [-0.2, -0.15) is 13.2 Å². The molecule has 30 heavy (non-hydrogen) atoms. The molecule has 160 valence electrons. The summed E-state index contributed by atoms with van der Waals surface area (Å²) in [4.78, 5) is 19.6. The summed E-state index contributed by atoms with van der Waals surface area (Å²) in [6.07, 6.45) is -4.87. The fraction of sp³-hybridized carbons (Fsp3) is 0.167. The Morgan fingerprint density at radius 3 is 2.37 bits per heavy atom. The first-order valence-corrected chi connectivity index (χ1v) is 8.93. The highest BCUT2D eigenvalue weighted by Gasteiger charge is 2.38. The maximum atomic E-state index is 13.3. The lowest BCUT2D eigenvalue weighted by molar-refractivity contribution is -0.352. The van der Waals surface area contributed by atoms with Crippen molar-refractivity contribution < 1.29 is 28.1 Å². The fourth-order valence-electron chi connectivity index (χ4n) is 2.35. The first-order valence-electron chi connectivity index (χ1n) is 8.17. The Hall–Kier alpha value is -2.98. The normalized spacial score (nSPS) is 12.8. The van der Waals surface area contributed by atoms with Crippen LogP contribution in [0.5, 0.6) is 5.75 Å². The van der Waals surface area contributed by atoms with Crippen molar-refractivity contribution in [1.29, 1.82) is 0 Å². The number of aromatic hydroxyl groups is 1. The van der Waals surface area contributed by atoms with Crippen LogP contribution in [0.3, 0.4) is 0 Å². The molecule has 0 spiro atoms.